The third-order valence-corrected chi connectivity index (χ3v) is 13.4. The van der Waals surface area contributed by atoms with E-state index in [1.807, 2.05) is 42.5 Å². The van der Waals surface area contributed by atoms with E-state index in [1.54, 1.807) is 11.3 Å². The third-order valence-electron chi connectivity index (χ3n) is 9.66. The SMILES string of the molecule is [Se]=P1(Oc2ccc(-c3nc(-c4ccccc4)c(N(c4ccccc4)c4ccccc4)s3)cc2)Oc2ccc3ccccc3c2-c2c(ccc3ccccc23)O1. The predicted molar refractivity (Wildman–Crippen MR) is 229 cm³/mol. The molecule has 8 aromatic carbocycles. The van der Waals surface area contributed by atoms with Crippen molar-refractivity contribution in [3.05, 3.63) is 188 Å². The summed E-state index contributed by atoms with van der Waals surface area (Å²) < 4.78 is 20.2. The van der Waals surface area contributed by atoms with Crippen LogP contribution in [0.1, 0.15) is 0 Å². The van der Waals surface area contributed by atoms with E-state index >= 15 is 0 Å². The Labute approximate surface area is 330 Å². The van der Waals surface area contributed by atoms with Crippen molar-refractivity contribution < 1.29 is 13.6 Å². The zero-order valence-electron chi connectivity index (χ0n) is 29.3. The summed E-state index contributed by atoms with van der Waals surface area (Å²) in [6.45, 7) is 0. The van der Waals surface area contributed by atoms with E-state index < -0.39 is 6.19 Å². The van der Waals surface area contributed by atoms with Crippen LogP contribution in [0.4, 0.5) is 16.4 Å². The Kier molecular flexibility index (Phi) is 8.58. The first-order valence-electron chi connectivity index (χ1n) is 17.9. The van der Waals surface area contributed by atoms with Gasteiger partial charge in [-0.2, -0.15) is 0 Å². The molecule has 0 saturated carbocycles. The molecule has 1 aliphatic rings. The Bertz CT molecular complexity index is 2760. The van der Waals surface area contributed by atoms with Crippen LogP contribution in [0.25, 0.3) is 54.5 Å². The molecule has 0 saturated heterocycles. The van der Waals surface area contributed by atoms with Crippen LogP contribution in [-0.2, 0) is 0 Å². The van der Waals surface area contributed by atoms with Gasteiger partial charge in [0.15, 0.2) is 0 Å². The van der Waals surface area contributed by atoms with Gasteiger partial charge in [0.1, 0.15) is 0 Å². The summed E-state index contributed by atoms with van der Waals surface area (Å²) in [5.74, 6) is 2.04. The van der Waals surface area contributed by atoms with Crippen LogP contribution in [0, 0.1) is 0 Å². The molecule has 1 aliphatic heterocycles. The van der Waals surface area contributed by atoms with E-state index in [9.17, 15) is 0 Å². The summed E-state index contributed by atoms with van der Waals surface area (Å²) in [6, 6.07) is 64.3. The number of para-hydroxylation sites is 2. The second kappa shape index (κ2) is 14.0. The average molecular weight is 814 g/mol. The molecule has 2 heterocycles. The molecule has 0 radical (unpaired) electrons. The van der Waals surface area contributed by atoms with Crippen molar-refractivity contribution >= 4 is 70.5 Å². The summed E-state index contributed by atoms with van der Waals surface area (Å²) in [6.07, 6.45) is -3.11. The molecule has 264 valence electrons. The summed E-state index contributed by atoms with van der Waals surface area (Å²) in [7, 11) is 0. The Morgan fingerprint density at radius 2 is 1.00 bits per heavy atom. The van der Waals surface area contributed by atoms with Crippen molar-refractivity contribution in [3.8, 4) is 50.2 Å². The maximum absolute atomic E-state index is 6.78. The Morgan fingerprint density at radius 1 is 0.509 bits per heavy atom. The summed E-state index contributed by atoms with van der Waals surface area (Å²) in [5, 5.41) is 6.37. The number of benzene rings is 8. The second-order valence-electron chi connectivity index (χ2n) is 13.1. The Morgan fingerprint density at radius 3 is 1.55 bits per heavy atom. The molecule has 9 aromatic rings. The molecule has 0 spiro atoms. The molecule has 0 fully saturated rings. The number of nitrogens with zero attached hydrogens (tertiary/aromatic N) is 2. The molecule has 0 N–H and O–H groups in total. The topological polar surface area (TPSA) is 43.8 Å². The summed E-state index contributed by atoms with van der Waals surface area (Å²) >= 11 is 4.87. The van der Waals surface area contributed by atoms with Gasteiger partial charge in [0.2, 0.25) is 0 Å². The van der Waals surface area contributed by atoms with Crippen LogP contribution in [0.15, 0.2) is 188 Å². The van der Waals surface area contributed by atoms with E-state index in [1.165, 1.54) is 0 Å². The zero-order chi connectivity index (χ0) is 36.8. The molecule has 1 aromatic heterocycles. The van der Waals surface area contributed by atoms with Crippen molar-refractivity contribution in [2.24, 2.45) is 0 Å². The normalized spacial score (nSPS) is 12.9. The molecular weight excluding hydrogens is 783 g/mol. The first-order valence-corrected chi connectivity index (χ1v) is 22.5. The van der Waals surface area contributed by atoms with Crippen LogP contribution in [0.2, 0.25) is 0 Å². The maximum atomic E-state index is 6.78. The average Bonchev–Trinajstić information content (AvgIpc) is 3.61. The summed E-state index contributed by atoms with van der Waals surface area (Å²) in [5.41, 5.74) is 7.06. The van der Waals surface area contributed by atoms with Crippen molar-refractivity contribution in [3.63, 3.8) is 0 Å². The first-order chi connectivity index (χ1) is 27.1. The fraction of sp³-hybridized carbons (Fsp3) is 0. The van der Waals surface area contributed by atoms with Gasteiger partial charge in [-0.3, -0.25) is 0 Å². The zero-order valence-corrected chi connectivity index (χ0v) is 32.7. The number of hydrogen-bond acceptors (Lipinski definition) is 6. The Balaban J connectivity index is 1.03. The van der Waals surface area contributed by atoms with Gasteiger partial charge in [-0.15, -0.1) is 0 Å². The number of rotatable bonds is 7. The number of thiazole rings is 1. The molecule has 10 rings (SSSR count). The van der Waals surface area contributed by atoms with E-state index in [2.05, 4.69) is 166 Å². The minimum atomic E-state index is -3.11. The van der Waals surface area contributed by atoms with Gasteiger partial charge >= 0.3 is 290 Å². The minimum absolute atomic E-state index is 0.623. The van der Waals surface area contributed by atoms with Gasteiger partial charge < -0.3 is 0 Å². The van der Waals surface area contributed by atoms with Gasteiger partial charge in [0.25, 0.3) is 0 Å². The molecule has 0 aliphatic carbocycles. The van der Waals surface area contributed by atoms with Gasteiger partial charge in [0.05, 0.1) is 0 Å². The van der Waals surface area contributed by atoms with E-state index in [4.69, 9.17) is 18.6 Å². The van der Waals surface area contributed by atoms with Crippen molar-refractivity contribution in [2.45, 2.75) is 0 Å². The molecule has 5 nitrogen and oxygen atoms in total. The van der Waals surface area contributed by atoms with Crippen molar-refractivity contribution in [2.75, 3.05) is 4.90 Å². The van der Waals surface area contributed by atoms with Crippen LogP contribution >= 0.6 is 17.5 Å². The van der Waals surface area contributed by atoms with Crippen molar-refractivity contribution in [1.29, 1.82) is 0 Å². The molecule has 8 heteroatoms. The second-order valence-corrected chi connectivity index (χ2v) is 18.3. The van der Waals surface area contributed by atoms with E-state index in [-0.39, 0.29) is 0 Å². The first kappa shape index (κ1) is 33.6. The fourth-order valence-corrected chi connectivity index (χ4v) is 11.1. The van der Waals surface area contributed by atoms with Crippen LogP contribution in [0.3, 0.4) is 0 Å². The third kappa shape index (κ3) is 6.32. The van der Waals surface area contributed by atoms with E-state index in [0.29, 0.717) is 17.2 Å². The molecule has 0 unspecified atom stereocenters. The van der Waals surface area contributed by atoms with Gasteiger partial charge in [-0.1, -0.05) is 42.5 Å². The van der Waals surface area contributed by atoms with Crippen LogP contribution in [-0.4, -0.2) is 20.1 Å². The number of anilines is 3. The van der Waals surface area contributed by atoms with Gasteiger partial charge in [-0.05, 0) is 0 Å². The standard InChI is InChI=1S/C47H31N2O3PSSe/c55-53(51-41-30-26-32-14-10-12-22-39(32)43(41)44-40-23-13-11-15-33(40)27-31-42(44)52-53)50-38-28-24-35(25-29-38)46-48-45(34-16-4-1-5-17-34)47(54-46)49(36-18-6-2-7-19-36)37-20-8-3-9-21-37/h1-31H. The van der Waals surface area contributed by atoms with Crippen LogP contribution in [0.5, 0.6) is 17.2 Å². The number of hydrogen-bond donors (Lipinski definition) is 0. The molecule has 0 atom stereocenters. The monoisotopic (exact) mass is 814 g/mol. The quantitative estimate of drug-likeness (QED) is 0.118. The van der Waals surface area contributed by atoms with Crippen LogP contribution < -0.4 is 18.5 Å². The molecule has 0 bridgehead atoms. The predicted octanol–water partition coefficient (Wildman–Crippen LogP) is 13.6. The molecular formula is C47H31N2O3PSSe. The van der Waals surface area contributed by atoms with Gasteiger partial charge in [-0.25, -0.2) is 0 Å². The molecule has 0 amide bonds. The van der Waals surface area contributed by atoms with Gasteiger partial charge in [0, 0.05) is 0 Å². The number of fused-ring (bicyclic) bond motifs is 7. The number of aromatic nitrogens is 1. The molecule has 55 heavy (non-hydrogen) atoms. The Hall–Kier alpha value is -5.94. The van der Waals surface area contributed by atoms with Crippen molar-refractivity contribution in [1.82, 2.24) is 4.98 Å². The summed E-state index contributed by atoms with van der Waals surface area (Å²) in [4.78, 5) is 7.56. The fourth-order valence-electron chi connectivity index (χ4n) is 7.16. The van der Waals surface area contributed by atoms with E-state index in [0.717, 1.165) is 70.9 Å².